The van der Waals surface area contributed by atoms with Gasteiger partial charge in [-0.2, -0.15) is 0 Å². The van der Waals surface area contributed by atoms with Crippen LogP contribution in [0.1, 0.15) is 39.2 Å². The summed E-state index contributed by atoms with van der Waals surface area (Å²) in [6.07, 6.45) is 2.09. The molecule has 1 N–H and O–H groups in total. The summed E-state index contributed by atoms with van der Waals surface area (Å²) in [6.45, 7) is 11.5. The Kier molecular flexibility index (Phi) is 7.15. The van der Waals surface area contributed by atoms with Crippen molar-refractivity contribution < 1.29 is 4.92 Å². The number of nitro benzene ring substituents is 1. The molecule has 0 saturated heterocycles. The molecule has 1 aromatic rings. The highest BCUT2D eigenvalue weighted by Gasteiger charge is 2.15. The van der Waals surface area contributed by atoms with Gasteiger partial charge in [-0.15, -0.1) is 0 Å². The van der Waals surface area contributed by atoms with Gasteiger partial charge >= 0.3 is 0 Å². The van der Waals surface area contributed by atoms with Crippen LogP contribution in [-0.2, 0) is 0 Å². The van der Waals surface area contributed by atoms with E-state index in [9.17, 15) is 10.1 Å². The van der Waals surface area contributed by atoms with Crippen LogP contribution in [0.4, 0.5) is 11.4 Å². The Balaban J connectivity index is 2.55. The van der Waals surface area contributed by atoms with Gasteiger partial charge in [0.05, 0.1) is 4.92 Å². The zero-order valence-corrected chi connectivity index (χ0v) is 13.6. The van der Waals surface area contributed by atoms with Gasteiger partial charge in [0.1, 0.15) is 5.69 Å². The first-order valence-electron chi connectivity index (χ1n) is 7.71. The summed E-state index contributed by atoms with van der Waals surface area (Å²) in [5, 5.41) is 14.4. The highest BCUT2D eigenvalue weighted by molar-refractivity contribution is 5.62. The molecule has 0 spiro atoms. The van der Waals surface area contributed by atoms with Crippen molar-refractivity contribution in [3.63, 3.8) is 0 Å². The average molecular weight is 293 g/mol. The van der Waals surface area contributed by atoms with Gasteiger partial charge in [-0.3, -0.25) is 10.1 Å². The fourth-order valence-electron chi connectivity index (χ4n) is 2.41. The SMILES string of the molecule is CCN(CC)CCCC(C)Nc1ccc(C)cc1[N+](=O)[O-]. The predicted octanol–water partition coefficient (Wildman–Crippen LogP) is 3.83. The maximum absolute atomic E-state index is 11.1. The van der Waals surface area contributed by atoms with Crippen molar-refractivity contribution in [3.8, 4) is 0 Å². The van der Waals surface area contributed by atoms with Crippen molar-refractivity contribution in [1.82, 2.24) is 4.90 Å². The molecule has 0 aliphatic rings. The second-order valence-electron chi connectivity index (χ2n) is 5.49. The molecule has 0 aromatic heterocycles. The molecule has 0 heterocycles. The minimum Gasteiger partial charge on any atom is -0.377 e. The van der Waals surface area contributed by atoms with Crippen molar-refractivity contribution >= 4 is 11.4 Å². The average Bonchev–Trinajstić information content (AvgIpc) is 2.45. The molecule has 0 fully saturated rings. The Morgan fingerprint density at radius 3 is 2.57 bits per heavy atom. The molecule has 118 valence electrons. The highest BCUT2D eigenvalue weighted by atomic mass is 16.6. The predicted molar refractivity (Wildman–Crippen MR) is 87.9 cm³/mol. The van der Waals surface area contributed by atoms with Crippen LogP contribution in [0.25, 0.3) is 0 Å². The summed E-state index contributed by atoms with van der Waals surface area (Å²) < 4.78 is 0. The molecule has 1 atom stereocenters. The fraction of sp³-hybridized carbons (Fsp3) is 0.625. The van der Waals surface area contributed by atoms with Crippen LogP contribution >= 0.6 is 0 Å². The molecular formula is C16H27N3O2. The van der Waals surface area contributed by atoms with E-state index >= 15 is 0 Å². The van der Waals surface area contributed by atoms with Crippen LogP contribution in [0.5, 0.6) is 0 Å². The normalized spacial score (nSPS) is 12.4. The third-order valence-corrected chi connectivity index (χ3v) is 3.76. The van der Waals surface area contributed by atoms with Crippen molar-refractivity contribution in [2.24, 2.45) is 0 Å². The fourth-order valence-corrected chi connectivity index (χ4v) is 2.41. The van der Waals surface area contributed by atoms with Gasteiger partial charge in [0, 0.05) is 12.1 Å². The second kappa shape index (κ2) is 8.62. The number of hydrogen-bond acceptors (Lipinski definition) is 4. The Labute approximate surface area is 127 Å². The molecule has 1 aromatic carbocycles. The van der Waals surface area contributed by atoms with Crippen LogP contribution in [0, 0.1) is 17.0 Å². The van der Waals surface area contributed by atoms with Gasteiger partial charge in [-0.1, -0.05) is 19.9 Å². The van der Waals surface area contributed by atoms with Gasteiger partial charge in [-0.05, 0) is 58.0 Å². The highest BCUT2D eigenvalue weighted by Crippen LogP contribution is 2.26. The Morgan fingerprint density at radius 1 is 1.33 bits per heavy atom. The van der Waals surface area contributed by atoms with Crippen molar-refractivity contribution in [1.29, 1.82) is 0 Å². The van der Waals surface area contributed by atoms with Gasteiger partial charge in [-0.25, -0.2) is 0 Å². The minimum absolute atomic E-state index is 0.158. The van der Waals surface area contributed by atoms with E-state index in [1.54, 1.807) is 12.1 Å². The lowest BCUT2D eigenvalue weighted by atomic mass is 10.1. The summed E-state index contributed by atoms with van der Waals surface area (Å²) >= 11 is 0. The van der Waals surface area contributed by atoms with Gasteiger partial charge < -0.3 is 10.2 Å². The lowest BCUT2D eigenvalue weighted by Crippen LogP contribution is -2.25. The lowest BCUT2D eigenvalue weighted by Gasteiger charge is -2.20. The summed E-state index contributed by atoms with van der Waals surface area (Å²) in [6, 6.07) is 5.54. The Bertz CT molecular complexity index is 459. The molecule has 0 radical (unpaired) electrons. The van der Waals surface area contributed by atoms with Gasteiger partial charge in [0.25, 0.3) is 5.69 Å². The van der Waals surface area contributed by atoms with Crippen LogP contribution in [0.2, 0.25) is 0 Å². The topological polar surface area (TPSA) is 58.4 Å². The van der Waals surface area contributed by atoms with E-state index in [0.29, 0.717) is 5.69 Å². The van der Waals surface area contributed by atoms with Crippen molar-refractivity contribution in [2.75, 3.05) is 25.0 Å². The number of nitrogens with zero attached hydrogens (tertiary/aromatic N) is 2. The summed E-state index contributed by atoms with van der Waals surface area (Å²) in [5.74, 6) is 0. The largest absolute Gasteiger partial charge is 0.377 e. The van der Waals surface area contributed by atoms with Crippen LogP contribution < -0.4 is 5.32 Å². The van der Waals surface area contributed by atoms with E-state index < -0.39 is 0 Å². The second-order valence-corrected chi connectivity index (χ2v) is 5.49. The number of nitro groups is 1. The number of benzene rings is 1. The lowest BCUT2D eigenvalue weighted by molar-refractivity contribution is -0.384. The van der Waals surface area contributed by atoms with Gasteiger partial charge in [0.15, 0.2) is 0 Å². The zero-order valence-electron chi connectivity index (χ0n) is 13.6. The van der Waals surface area contributed by atoms with E-state index in [1.807, 2.05) is 13.0 Å². The molecule has 1 unspecified atom stereocenters. The molecule has 0 amide bonds. The Morgan fingerprint density at radius 2 is 2.00 bits per heavy atom. The van der Waals surface area contributed by atoms with E-state index in [0.717, 1.165) is 38.0 Å². The molecule has 0 bridgehead atoms. The van der Waals surface area contributed by atoms with Crippen LogP contribution in [-0.4, -0.2) is 35.5 Å². The third kappa shape index (κ3) is 5.71. The number of aryl methyl sites for hydroxylation is 1. The number of rotatable bonds is 9. The maximum Gasteiger partial charge on any atom is 0.292 e. The molecule has 21 heavy (non-hydrogen) atoms. The van der Waals surface area contributed by atoms with Crippen LogP contribution in [0.15, 0.2) is 18.2 Å². The van der Waals surface area contributed by atoms with E-state index in [1.165, 1.54) is 0 Å². The third-order valence-electron chi connectivity index (χ3n) is 3.76. The number of hydrogen-bond donors (Lipinski definition) is 1. The summed E-state index contributed by atoms with van der Waals surface area (Å²) in [4.78, 5) is 13.2. The van der Waals surface area contributed by atoms with Crippen LogP contribution in [0.3, 0.4) is 0 Å². The molecule has 0 aliphatic heterocycles. The first kappa shape index (κ1) is 17.4. The molecule has 0 saturated carbocycles. The molecule has 5 heteroatoms. The van der Waals surface area contributed by atoms with E-state index in [2.05, 4.69) is 31.0 Å². The van der Waals surface area contributed by atoms with E-state index in [4.69, 9.17) is 0 Å². The Hall–Kier alpha value is -1.62. The molecule has 5 nitrogen and oxygen atoms in total. The minimum atomic E-state index is -0.321. The number of nitrogens with one attached hydrogen (secondary N) is 1. The molecular weight excluding hydrogens is 266 g/mol. The first-order chi connectivity index (χ1) is 9.97. The summed E-state index contributed by atoms with van der Waals surface area (Å²) in [5.41, 5.74) is 1.67. The maximum atomic E-state index is 11.1. The van der Waals surface area contributed by atoms with Crippen molar-refractivity contribution in [3.05, 3.63) is 33.9 Å². The van der Waals surface area contributed by atoms with Gasteiger partial charge in [0.2, 0.25) is 0 Å². The standard InChI is InChI=1S/C16H27N3O2/c1-5-18(6-2)11-7-8-14(4)17-15-10-9-13(3)12-16(15)19(20)21/h9-10,12,14,17H,5-8,11H2,1-4H3. The summed E-state index contributed by atoms with van der Waals surface area (Å²) in [7, 11) is 0. The molecule has 1 rings (SSSR count). The van der Waals surface area contributed by atoms with E-state index in [-0.39, 0.29) is 16.7 Å². The molecule has 0 aliphatic carbocycles. The number of anilines is 1. The quantitative estimate of drug-likeness (QED) is 0.555. The smallest absolute Gasteiger partial charge is 0.292 e. The monoisotopic (exact) mass is 293 g/mol. The van der Waals surface area contributed by atoms with Crippen molar-refractivity contribution in [2.45, 2.75) is 46.6 Å². The zero-order chi connectivity index (χ0) is 15.8. The first-order valence-corrected chi connectivity index (χ1v) is 7.71.